The topological polar surface area (TPSA) is 23.8 Å². The molecule has 1 heteroatoms. The molecule has 0 radical (unpaired) electrons. The maximum absolute atomic E-state index is 8.60. The van der Waals surface area contributed by atoms with Crippen molar-refractivity contribution in [3.05, 3.63) is 35.4 Å². The van der Waals surface area contributed by atoms with Crippen molar-refractivity contribution in [2.24, 2.45) is 0 Å². The normalized spacial score (nSPS) is 20.1. The fraction of sp³-hybridized carbons (Fsp3) is 0.364. The maximum Gasteiger partial charge on any atom is 0.0628 e. The fourth-order valence-electron chi connectivity index (χ4n) is 1.97. The first-order chi connectivity index (χ1) is 5.92. The number of hydrogen-bond acceptors (Lipinski definition) is 1. The van der Waals surface area contributed by atoms with Crippen molar-refractivity contribution in [2.45, 2.75) is 25.2 Å². The number of hydrogen-bond donors (Lipinski definition) is 0. The number of aryl methyl sites for hydroxylation is 1. The SMILES string of the molecule is N#CC[C@@H]1CCc2ccccc21. The highest BCUT2D eigenvalue weighted by molar-refractivity contribution is 5.35. The van der Waals surface area contributed by atoms with E-state index in [1.54, 1.807) is 0 Å². The van der Waals surface area contributed by atoms with Gasteiger partial charge in [-0.1, -0.05) is 24.3 Å². The molecule has 1 nitrogen and oxygen atoms in total. The molecule has 0 fully saturated rings. The van der Waals surface area contributed by atoms with Gasteiger partial charge >= 0.3 is 0 Å². The van der Waals surface area contributed by atoms with E-state index in [0.717, 1.165) is 12.8 Å². The average Bonchev–Trinajstić information content (AvgIpc) is 2.50. The Morgan fingerprint density at radius 3 is 3.08 bits per heavy atom. The van der Waals surface area contributed by atoms with Crippen molar-refractivity contribution < 1.29 is 0 Å². The maximum atomic E-state index is 8.60. The summed E-state index contributed by atoms with van der Waals surface area (Å²) in [4.78, 5) is 0. The first kappa shape index (κ1) is 7.36. The van der Waals surface area contributed by atoms with Gasteiger partial charge in [-0.3, -0.25) is 0 Å². The first-order valence-corrected chi connectivity index (χ1v) is 4.36. The average molecular weight is 157 g/mol. The molecule has 0 aliphatic heterocycles. The molecule has 1 aromatic rings. The molecule has 0 spiro atoms. The van der Waals surface area contributed by atoms with Crippen LogP contribution in [0.4, 0.5) is 0 Å². The minimum atomic E-state index is 0.506. The molecule has 0 N–H and O–H groups in total. The lowest BCUT2D eigenvalue weighted by Crippen LogP contribution is -1.90. The van der Waals surface area contributed by atoms with E-state index in [9.17, 15) is 0 Å². The zero-order valence-corrected chi connectivity index (χ0v) is 6.96. The van der Waals surface area contributed by atoms with Crippen molar-refractivity contribution in [1.82, 2.24) is 0 Å². The van der Waals surface area contributed by atoms with Crippen LogP contribution < -0.4 is 0 Å². The van der Waals surface area contributed by atoms with Gasteiger partial charge in [0.1, 0.15) is 0 Å². The van der Waals surface area contributed by atoms with Gasteiger partial charge in [-0.25, -0.2) is 0 Å². The van der Waals surface area contributed by atoms with Gasteiger partial charge in [0.25, 0.3) is 0 Å². The van der Waals surface area contributed by atoms with Crippen molar-refractivity contribution in [1.29, 1.82) is 5.26 Å². The first-order valence-electron chi connectivity index (χ1n) is 4.36. The van der Waals surface area contributed by atoms with E-state index in [-0.39, 0.29) is 0 Å². The largest absolute Gasteiger partial charge is 0.198 e. The Morgan fingerprint density at radius 2 is 2.25 bits per heavy atom. The van der Waals surface area contributed by atoms with E-state index in [1.165, 1.54) is 11.1 Å². The van der Waals surface area contributed by atoms with Gasteiger partial charge in [-0.15, -0.1) is 0 Å². The van der Waals surface area contributed by atoms with E-state index in [1.807, 2.05) is 0 Å². The fourth-order valence-corrected chi connectivity index (χ4v) is 1.97. The van der Waals surface area contributed by atoms with Gasteiger partial charge in [0.15, 0.2) is 0 Å². The van der Waals surface area contributed by atoms with Crippen LogP contribution in [0.1, 0.15) is 29.9 Å². The Balaban J connectivity index is 2.31. The minimum absolute atomic E-state index is 0.506. The summed E-state index contributed by atoms with van der Waals surface area (Å²) in [5.41, 5.74) is 2.84. The second-order valence-corrected chi connectivity index (χ2v) is 3.30. The zero-order valence-electron chi connectivity index (χ0n) is 6.96. The van der Waals surface area contributed by atoms with E-state index in [4.69, 9.17) is 5.26 Å². The Morgan fingerprint density at radius 1 is 1.42 bits per heavy atom. The van der Waals surface area contributed by atoms with Crippen LogP contribution in [-0.4, -0.2) is 0 Å². The Hall–Kier alpha value is -1.29. The highest BCUT2D eigenvalue weighted by atomic mass is 14.3. The van der Waals surface area contributed by atoms with Crippen molar-refractivity contribution in [2.75, 3.05) is 0 Å². The van der Waals surface area contributed by atoms with Crippen LogP contribution in [0.25, 0.3) is 0 Å². The third kappa shape index (κ3) is 1.10. The van der Waals surface area contributed by atoms with Crippen molar-refractivity contribution in [3.63, 3.8) is 0 Å². The monoisotopic (exact) mass is 157 g/mol. The van der Waals surface area contributed by atoms with Crippen LogP contribution in [0.5, 0.6) is 0 Å². The molecule has 2 rings (SSSR count). The molecule has 1 aliphatic rings. The molecule has 0 amide bonds. The summed E-state index contributed by atoms with van der Waals surface area (Å²) in [5.74, 6) is 0.506. The number of nitriles is 1. The van der Waals surface area contributed by atoms with Gasteiger partial charge in [0.2, 0.25) is 0 Å². The molecule has 1 aliphatic carbocycles. The Labute approximate surface area is 72.6 Å². The van der Waals surface area contributed by atoms with Crippen LogP contribution in [0.15, 0.2) is 24.3 Å². The molecule has 0 saturated heterocycles. The molecular formula is C11H11N. The Bertz CT molecular complexity index is 322. The van der Waals surface area contributed by atoms with E-state index in [2.05, 4.69) is 30.3 Å². The third-order valence-corrected chi connectivity index (χ3v) is 2.59. The lowest BCUT2D eigenvalue weighted by Gasteiger charge is -2.04. The summed E-state index contributed by atoms with van der Waals surface area (Å²) < 4.78 is 0. The molecule has 12 heavy (non-hydrogen) atoms. The van der Waals surface area contributed by atoms with E-state index < -0.39 is 0 Å². The quantitative estimate of drug-likeness (QED) is 0.614. The number of nitrogens with zero attached hydrogens (tertiary/aromatic N) is 1. The minimum Gasteiger partial charge on any atom is -0.198 e. The van der Waals surface area contributed by atoms with Crippen LogP contribution in [-0.2, 0) is 6.42 Å². The van der Waals surface area contributed by atoms with Gasteiger partial charge in [-0.05, 0) is 29.9 Å². The van der Waals surface area contributed by atoms with Crippen molar-refractivity contribution >= 4 is 0 Å². The summed E-state index contributed by atoms with van der Waals surface area (Å²) in [6, 6.07) is 10.7. The predicted molar refractivity (Wildman–Crippen MR) is 47.7 cm³/mol. The van der Waals surface area contributed by atoms with E-state index >= 15 is 0 Å². The molecule has 60 valence electrons. The Kier molecular flexibility index (Phi) is 1.83. The van der Waals surface area contributed by atoms with Crippen LogP contribution >= 0.6 is 0 Å². The van der Waals surface area contributed by atoms with Crippen LogP contribution in [0, 0.1) is 11.3 Å². The molecule has 0 heterocycles. The lowest BCUT2D eigenvalue weighted by molar-refractivity contribution is 0.695. The van der Waals surface area contributed by atoms with Gasteiger partial charge in [0.05, 0.1) is 6.07 Å². The highest BCUT2D eigenvalue weighted by Gasteiger charge is 2.20. The molecule has 0 unspecified atom stereocenters. The third-order valence-electron chi connectivity index (χ3n) is 2.59. The van der Waals surface area contributed by atoms with Gasteiger partial charge in [-0.2, -0.15) is 5.26 Å². The molecule has 1 aromatic carbocycles. The number of rotatable bonds is 1. The summed E-state index contributed by atoms with van der Waals surface area (Å²) in [5, 5.41) is 8.60. The van der Waals surface area contributed by atoms with E-state index in [0.29, 0.717) is 12.3 Å². The van der Waals surface area contributed by atoms with Crippen LogP contribution in [0.2, 0.25) is 0 Å². The molecule has 0 bridgehead atoms. The standard InChI is InChI=1S/C11H11N/c12-8-7-10-6-5-9-3-1-2-4-11(9)10/h1-4,10H,5-7H2/t10-/m0/s1. The molecule has 0 aromatic heterocycles. The van der Waals surface area contributed by atoms with Gasteiger partial charge in [0, 0.05) is 6.42 Å². The number of fused-ring (bicyclic) bond motifs is 1. The van der Waals surface area contributed by atoms with Crippen molar-refractivity contribution in [3.8, 4) is 6.07 Å². The second kappa shape index (κ2) is 2.98. The van der Waals surface area contributed by atoms with Crippen LogP contribution in [0.3, 0.4) is 0 Å². The highest BCUT2D eigenvalue weighted by Crippen LogP contribution is 2.34. The summed E-state index contributed by atoms with van der Waals surface area (Å²) >= 11 is 0. The lowest BCUT2D eigenvalue weighted by atomic mass is 9.99. The second-order valence-electron chi connectivity index (χ2n) is 3.30. The predicted octanol–water partition coefficient (Wildman–Crippen LogP) is 2.63. The summed E-state index contributed by atoms with van der Waals surface area (Å²) in [7, 11) is 0. The van der Waals surface area contributed by atoms with Gasteiger partial charge < -0.3 is 0 Å². The smallest absolute Gasteiger partial charge is 0.0628 e. The molecular weight excluding hydrogens is 146 g/mol. The molecule has 1 atom stereocenters. The summed E-state index contributed by atoms with van der Waals surface area (Å²) in [6.07, 6.45) is 2.99. The molecule has 0 saturated carbocycles. The summed E-state index contributed by atoms with van der Waals surface area (Å²) in [6.45, 7) is 0. The number of benzene rings is 1. The zero-order chi connectivity index (χ0) is 8.39.